The van der Waals surface area contributed by atoms with E-state index >= 15 is 0 Å². The number of ether oxygens (including phenoxy) is 2. The summed E-state index contributed by atoms with van der Waals surface area (Å²) in [6.45, 7) is 2.89. The zero-order valence-electron chi connectivity index (χ0n) is 24.6. The summed E-state index contributed by atoms with van der Waals surface area (Å²) in [5.41, 5.74) is 3.86. The Labute approximate surface area is 247 Å². The minimum atomic E-state index is -0.586. The van der Waals surface area contributed by atoms with Crippen molar-refractivity contribution in [2.24, 2.45) is 10.2 Å². The van der Waals surface area contributed by atoms with E-state index in [1.807, 2.05) is 67.5 Å². The number of anilines is 1. The average molecular weight is 568 g/mol. The molecule has 0 heterocycles. The Morgan fingerprint density at radius 1 is 0.738 bits per heavy atom. The fraction of sp³-hybridized carbons (Fsp3) is 0.286. The first-order chi connectivity index (χ1) is 20.4. The van der Waals surface area contributed by atoms with E-state index in [1.165, 1.54) is 38.2 Å². The highest BCUT2D eigenvalue weighted by Gasteiger charge is 2.12. The number of hydrogen-bond acceptors (Lipinski definition) is 6. The van der Waals surface area contributed by atoms with Crippen molar-refractivity contribution in [1.29, 1.82) is 0 Å². The molecule has 0 spiro atoms. The molecule has 0 bridgehead atoms. The number of carbonyl (C=O) groups is 1. The van der Waals surface area contributed by atoms with Crippen molar-refractivity contribution < 1.29 is 18.7 Å². The van der Waals surface area contributed by atoms with E-state index < -0.39 is 11.8 Å². The van der Waals surface area contributed by atoms with Crippen LogP contribution in [0.4, 0.5) is 21.5 Å². The molecular formula is C35H38FN3O3. The van der Waals surface area contributed by atoms with E-state index in [1.54, 1.807) is 36.4 Å². The third-order valence-electron chi connectivity index (χ3n) is 6.83. The summed E-state index contributed by atoms with van der Waals surface area (Å²) in [7, 11) is 3.95. The number of halogens is 1. The van der Waals surface area contributed by atoms with E-state index in [0.717, 1.165) is 29.1 Å². The fourth-order valence-electron chi connectivity index (χ4n) is 4.36. The summed E-state index contributed by atoms with van der Waals surface area (Å²) in [6, 6.07) is 26.1. The second-order valence-electron chi connectivity index (χ2n) is 10.3. The molecule has 42 heavy (non-hydrogen) atoms. The molecule has 0 N–H and O–H groups in total. The molecule has 0 aliphatic carbocycles. The second kappa shape index (κ2) is 15.5. The van der Waals surface area contributed by atoms with Gasteiger partial charge in [0.05, 0.1) is 23.5 Å². The summed E-state index contributed by atoms with van der Waals surface area (Å²) >= 11 is 0. The lowest BCUT2D eigenvalue weighted by Crippen LogP contribution is -2.08. The number of unbranched alkanes of at least 4 members (excludes halogenated alkanes) is 5. The Hall–Kier alpha value is -4.52. The molecule has 4 aromatic rings. The molecule has 218 valence electrons. The van der Waals surface area contributed by atoms with Gasteiger partial charge in [0.25, 0.3) is 0 Å². The largest absolute Gasteiger partial charge is 0.494 e. The molecule has 0 amide bonds. The molecule has 0 aliphatic heterocycles. The van der Waals surface area contributed by atoms with Crippen LogP contribution < -0.4 is 14.4 Å². The summed E-state index contributed by atoms with van der Waals surface area (Å²) < 4.78 is 26.2. The standard InChI is InChI=1S/C35H38FN3O3/c1-4-5-6-7-8-9-24-41-31-20-12-26(13-21-31)33-23-22-32(25-34(33)36)42-35(40)27-10-14-28(15-11-27)37-38-29-16-18-30(19-17-29)39(2)3/h10-23,25H,4-9,24H2,1-3H3. The molecule has 0 fully saturated rings. The Morgan fingerprint density at radius 2 is 1.33 bits per heavy atom. The van der Waals surface area contributed by atoms with Crippen LogP contribution in [0.5, 0.6) is 11.5 Å². The van der Waals surface area contributed by atoms with Gasteiger partial charge < -0.3 is 14.4 Å². The van der Waals surface area contributed by atoms with Gasteiger partial charge in [-0.15, -0.1) is 0 Å². The molecule has 6 nitrogen and oxygen atoms in total. The minimum absolute atomic E-state index is 0.130. The Kier molecular flexibility index (Phi) is 11.2. The van der Waals surface area contributed by atoms with E-state index in [2.05, 4.69) is 17.2 Å². The Bertz CT molecular complexity index is 1450. The van der Waals surface area contributed by atoms with E-state index in [4.69, 9.17) is 9.47 Å². The van der Waals surface area contributed by atoms with Gasteiger partial charge >= 0.3 is 5.97 Å². The predicted octanol–water partition coefficient (Wildman–Crippen LogP) is 9.93. The number of hydrogen-bond donors (Lipinski definition) is 0. The first kappa shape index (κ1) is 30.4. The number of esters is 1. The van der Waals surface area contributed by atoms with Crippen molar-refractivity contribution in [3.05, 3.63) is 102 Å². The molecule has 0 aromatic heterocycles. The summed E-state index contributed by atoms with van der Waals surface area (Å²) in [4.78, 5) is 14.7. The average Bonchev–Trinajstić information content (AvgIpc) is 3.00. The van der Waals surface area contributed by atoms with Crippen molar-refractivity contribution in [3.8, 4) is 22.6 Å². The van der Waals surface area contributed by atoms with Crippen molar-refractivity contribution in [1.82, 2.24) is 0 Å². The predicted molar refractivity (Wildman–Crippen MR) is 167 cm³/mol. The van der Waals surface area contributed by atoms with Gasteiger partial charge in [-0.1, -0.05) is 51.2 Å². The van der Waals surface area contributed by atoms with Crippen LogP contribution in [0.1, 0.15) is 55.8 Å². The first-order valence-electron chi connectivity index (χ1n) is 14.5. The molecule has 0 unspecified atom stereocenters. The van der Waals surface area contributed by atoms with Gasteiger partial charge in [-0.3, -0.25) is 0 Å². The highest BCUT2D eigenvalue weighted by molar-refractivity contribution is 5.91. The molecule has 7 heteroatoms. The van der Waals surface area contributed by atoms with Crippen LogP contribution in [-0.4, -0.2) is 26.7 Å². The molecular weight excluding hydrogens is 529 g/mol. The normalized spacial score (nSPS) is 11.0. The van der Waals surface area contributed by atoms with Gasteiger partial charge in [-0.2, -0.15) is 10.2 Å². The van der Waals surface area contributed by atoms with Crippen LogP contribution in [0.2, 0.25) is 0 Å². The maximum absolute atomic E-state index is 15.0. The molecule has 0 saturated carbocycles. The molecule has 0 atom stereocenters. The smallest absolute Gasteiger partial charge is 0.343 e. The number of azo groups is 1. The minimum Gasteiger partial charge on any atom is -0.494 e. The highest BCUT2D eigenvalue weighted by atomic mass is 19.1. The fourth-order valence-corrected chi connectivity index (χ4v) is 4.36. The van der Waals surface area contributed by atoms with Crippen LogP contribution in [-0.2, 0) is 0 Å². The van der Waals surface area contributed by atoms with Crippen LogP contribution >= 0.6 is 0 Å². The summed E-state index contributed by atoms with van der Waals surface area (Å²) in [5, 5.41) is 8.46. The summed E-state index contributed by atoms with van der Waals surface area (Å²) in [5.74, 6) is -0.165. The van der Waals surface area contributed by atoms with Crippen molar-refractivity contribution >= 4 is 23.0 Å². The first-order valence-corrected chi connectivity index (χ1v) is 14.5. The Morgan fingerprint density at radius 3 is 1.95 bits per heavy atom. The van der Waals surface area contributed by atoms with Gasteiger partial charge in [0.2, 0.25) is 0 Å². The lowest BCUT2D eigenvalue weighted by Gasteiger charge is -2.11. The number of benzene rings is 4. The van der Waals surface area contributed by atoms with E-state index in [9.17, 15) is 9.18 Å². The van der Waals surface area contributed by atoms with Crippen molar-refractivity contribution in [3.63, 3.8) is 0 Å². The summed E-state index contributed by atoms with van der Waals surface area (Å²) in [6.07, 6.45) is 7.26. The van der Waals surface area contributed by atoms with E-state index in [-0.39, 0.29) is 5.75 Å². The zero-order chi connectivity index (χ0) is 29.7. The number of nitrogens with zero attached hydrogens (tertiary/aromatic N) is 3. The quantitative estimate of drug-likeness (QED) is 0.0658. The van der Waals surface area contributed by atoms with Gasteiger partial charge in [-0.25, -0.2) is 9.18 Å². The maximum Gasteiger partial charge on any atom is 0.343 e. The van der Waals surface area contributed by atoms with Crippen LogP contribution in [0.15, 0.2) is 101 Å². The molecule has 0 aliphatic rings. The van der Waals surface area contributed by atoms with Gasteiger partial charge in [0, 0.05) is 31.4 Å². The second-order valence-corrected chi connectivity index (χ2v) is 10.3. The zero-order valence-corrected chi connectivity index (χ0v) is 24.6. The SMILES string of the molecule is CCCCCCCCOc1ccc(-c2ccc(OC(=O)c3ccc(N=Nc4ccc(N(C)C)cc4)cc3)cc2F)cc1. The van der Waals surface area contributed by atoms with Gasteiger partial charge in [-0.05, 0) is 84.8 Å². The third-order valence-corrected chi connectivity index (χ3v) is 6.83. The van der Waals surface area contributed by atoms with Gasteiger partial charge in [0.1, 0.15) is 17.3 Å². The van der Waals surface area contributed by atoms with Crippen molar-refractivity contribution in [2.75, 3.05) is 25.6 Å². The highest BCUT2D eigenvalue weighted by Crippen LogP contribution is 2.29. The number of rotatable bonds is 14. The van der Waals surface area contributed by atoms with E-state index in [0.29, 0.717) is 23.4 Å². The Balaban J connectivity index is 1.29. The molecule has 4 rings (SSSR count). The topological polar surface area (TPSA) is 63.5 Å². The van der Waals surface area contributed by atoms with Crippen molar-refractivity contribution in [2.45, 2.75) is 45.4 Å². The van der Waals surface area contributed by atoms with Crippen LogP contribution in [0.25, 0.3) is 11.1 Å². The molecule has 4 aromatic carbocycles. The molecule has 0 radical (unpaired) electrons. The number of carbonyl (C=O) groups excluding carboxylic acids is 1. The third kappa shape index (κ3) is 8.99. The van der Waals surface area contributed by atoms with Crippen LogP contribution in [0, 0.1) is 5.82 Å². The molecule has 0 saturated heterocycles. The lowest BCUT2D eigenvalue weighted by atomic mass is 10.0. The lowest BCUT2D eigenvalue weighted by molar-refractivity contribution is 0.0734. The monoisotopic (exact) mass is 567 g/mol. The van der Waals surface area contributed by atoms with Crippen LogP contribution in [0.3, 0.4) is 0 Å². The van der Waals surface area contributed by atoms with Gasteiger partial charge in [0.15, 0.2) is 0 Å². The maximum atomic E-state index is 15.0.